The number of likely N-dealkylation sites (N-methyl/N-ethyl adjacent to an activating group) is 1. The largest absolute Gasteiger partial charge is 0.320 e. The van der Waals surface area contributed by atoms with Gasteiger partial charge < -0.3 is 10.6 Å². The Morgan fingerprint density at radius 2 is 1.70 bits per heavy atom. The summed E-state index contributed by atoms with van der Waals surface area (Å²) in [5, 5.41) is 0. The first-order valence-electron chi connectivity index (χ1n) is 6.85. The van der Waals surface area contributed by atoms with Crippen molar-refractivity contribution in [3.8, 4) is 0 Å². The van der Waals surface area contributed by atoms with Crippen molar-refractivity contribution >= 4 is 11.6 Å². The van der Waals surface area contributed by atoms with E-state index in [2.05, 4.69) is 18.2 Å². The third-order valence-electron chi connectivity index (χ3n) is 4.01. The Morgan fingerprint density at radius 1 is 1.05 bits per heavy atom. The minimum Gasteiger partial charge on any atom is -0.320 e. The minimum atomic E-state index is -0.461. The number of rotatable bonds is 1. The SMILES string of the molecule is CN1C(=O)C(N)CC(c2ccccc2)c2ccccc21. The van der Waals surface area contributed by atoms with Crippen LogP contribution in [0.5, 0.6) is 0 Å². The molecule has 0 saturated heterocycles. The van der Waals surface area contributed by atoms with Crippen LogP contribution in [0.4, 0.5) is 5.69 Å². The highest BCUT2D eigenvalue weighted by atomic mass is 16.2. The highest BCUT2D eigenvalue weighted by Crippen LogP contribution is 2.37. The van der Waals surface area contributed by atoms with Crippen LogP contribution in [0.2, 0.25) is 0 Å². The van der Waals surface area contributed by atoms with Crippen molar-refractivity contribution in [3.05, 3.63) is 65.7 Å². The Labute approximate surface area is 119 Å². The standard InChI is InChI=1S/C17H18N2O/c1-19-16-10-6-5-9-13(16)14(11-15(18)17(19)20)12-7-3-2-4-8-12/h2-10,14-15H,11,18H2,1H3. The summed E-state index contributed by atoms with van der Waals surface area (Å²) < 4.78 is 0. The van der Waals surface area contributed by atoms with Crippen molar-refractivity contribution in [2.24, 2.45) is 5.73 Å². The van der Waals surface area contributed by atoms with E-state index in [4.69, 9.17) is 5.73 Å². The number of amides is 1. The molecule has 2 N–H and O–H groups in total. The van der Waals surface area contributed by atoms with Gasteiger partial charge in [-0.1, -0.05) is 48.5 Å². The zero-order valence-electron chi connectivity index (χ0n) is 11.5. The van der Waals surface area contributed by atoms with Crippen molar-refractivity contribution in [3.63, 3.8) is 0 Å². The van der Waals surface area contributed by atoms with E-state index in [0.717, 1.165) is 5.69 Å². The fourth-order valence-electron chi connectivity index (χ4n) is 2.94. The highest BCUT2D eigenvalue weighted by Gasteiger charge is 2.31. The third-order valence-corrected chi connectivity index (χ3v) is 4.01. The van der Waals surface area contributed by atoms with Crippen LogP contribution < -0.4 is 10.6 Å². The van der Waals surface area contributed by atoms with E-state index in [-0.39, 0.29) is 11.8 Å². The van der Waals surface area contributed by atoms with Crippen LogP contribution in [0.3, 0.4) is 0 Å². The second kappa shape index (κ2) is 5.10. The summed E-state index contributed by atoms with van der Waals surface area (Å²) in [6, 6.07) is 17.9. The molecule has 3 rings (SSSR count). The van der Waals surface area contributed by atoms with Crippen molar-refractivity contribution in [1.82, 2.24) is 0 Å². The molecular weight excluding hydrogens is 248 g/mol. The number of hydrogen-bond acceptors (Lipinski definition) is 2. The molecule has 0 bridgehead atoms. The Morgan fingerprint density at radius 3 is 2.45 bits per heavy atom. The molecule has 0 fully saturated rings. The monoisotopic (exact) mass is 266 g/mol. The number of para-hydroxylation sites is 1. The third kappa shape index (κ3) is 2.10. The Hall–Kier alpha value is -2.13. The van der Waals surface area contributed by atoms with E-state index in [1.54, 1.807) is 11.9 Å². The fourth-order valence-corrected chi connectivity index (χ4v) is 2.94. The van der Waals surface area contributed by atoms with Gasteiger partial charge in [0.05, 0.1) is 6.04 Å². The second-order valence-electron chi connectivity index (χ2n) is 5.26. The summed E-state index contributed by atoms with van der Waals surface area (Å²) >= 11 is 0. The number of anilines is 1. The molecule has 0 radical (unpaired) electrons. The number of carbonyl (C=O) groups excluding carboxylic acids is 1. The van der Waals surface area contributed by atoms with Crippen molar-refractivity contribution in [1.29, 1.82) is 0 Å². The van der Waals surface area contributed by atoms with Gasteiger partial charge in [0, 0.05) is 18.7 Å². The number of benzene rings is 2. The maximum atomic E-state index is 12.3. The van der Waals surface area contributed by atoms with E-state index in [1.165, 1.54) is 11.1 Å². The van der Waals surface area contributed by atoms with Crippen molar-refractivity contribution in [2.45, 2.75) is 18.4 Å². The lowest BCUT2D eigenvalue weighted by Gasteiger charge is -2.20. The normalized spacial score (nSPS) is 22.3. The summed E-state index contributed by atoms with van der Waals surface area (Å²) in [5.41, 5.74) is 9.42. The van der Waals surface area contributed by atoms with Crippen LogP contribution in [0.25, 0.3) is 0 Å². The quantitative estimate of drug-likeness (QED) is 0.862. The highest BCUT2D eigenvalue weighted by molar-refractivity contribution is 5.98. The smallest absolute Gasteiger partial charge is 0.243 e. The maximum Gasteiger partial charge on any atom is 0.243 e. The molecule has 1 aliphatic heterocycles. The Balaban J connectivity index is 2.15. The second-order valence-corrected chi connectivity index (χ2v) is 5.26. The number of nitrogens with zero attached hydrogens (tertiary/aromatic N) is 1. The van der Waals surface area contributed by atoms with Gasteiger partial charge in [0.2, 0.25) is 5.91 Å². The summed E-state index contributed by atoms with van der Waals surface area (Å²) in [6.07, 6.45) is 0.643. The van der Waals surface area contributed by atoms with Gasteiger partial charge in [-0.2, -0.15) is 0 Å². The van der Waals surface area contributed by atoms with Gasteiger partial charge in [-0.25, -0.2) is 0 Å². The number of carbonyl (C=O) groups is 1. The predicted octanol–water partition coefficient (Wildman–Crippen LogP) is 2.51. The van der Waals surface area contributed by atoms with Gasteiger partial charge in [-0.15, -0.1) is 0 Å². The molecular formula is C17H18N2O. The van der Waals surface area contributed by atoms with Gasteiger partial charge in [0.1, 0.15) is 0 Å². The van der Waals surface area contributed by atoms with Crippen LogP contribution in [0.1, 0.15) is 23.5 Å². The average molecular weight is 266 g/mol. The molecule has 1 aliphatic rings. The number of nitrogens with two attached hydrogens (primary N) is 1. The predicted molar refractivity (Wildman–Crippen MR) is 80.7 cm³/mol. The van der Waals surface area contributed by atoms with Crippen LogP contribution in [-0.2, 0) is 4.79 Å². The van der Waals surface area contributed by atoms with Crippen LogP contribution >= 0.6 is 0 Å². The molecule has 0 spiro atoms. The summed E-state index contributed by atoms with van der Waals surface area (Å²) in [5.74, 6) is 0.146. The minimum absolute atomic E-state index is 0.0177. The molecule has 2 aromatic rings. The van der Waals surface area contributed by atoms with Gasteiger partial charge in [-0.05, 0) is 23.6 Å². The zero-order valence-corrected chi connectivity index (χ0v) is 11.5. The van der Waals surface area contributed by atoms with Crippen LogP contribution in [0, 0.1) is 0 Å². The van der Waals surface area contributed by atoms with E-state index >= 15 is 0 Å². The maximum absolute atomic E-state index is 12.3. The van der Waals surface area contributed by atoms with Gasteiger partial charge in [-0.3, -0.25) is 4.79 Å². The zero-order chi connectivity index (χ0) is 14.1. The molecule has 102 valence electrons. The summed E-state index contributed by atoms with van der Waals surface area (Å²) in [6.45, 7) is 0. The molecule has 3 nitrogen and oxygen atoms in total. The van der Waals surface area contributed by atoms with E-state index in [1.807, 2.05) is 36.4 Å². The Bertz CT molecular complexity index is 624. The first kappa shape index (κ1) is 12.9. The van der Waals surface area contributed by atoms with E-state index < -0.39 is 6.04 Å². The van der Waals surface area contributed by atoms with Gasteiger partial charge in [0.25, 0.3) is 0 Å². The molecule has 1 heterocycles. The molecule has 20 heavy (non-hydrogen) atoms. The average Bonchev–Trinajstić information content (AvgIpc) is 2.60. The van der Waals surface area contributed by atoms with E-state index in [9.17, 15) is 4.79 Å². The lowest BCUT2D eigenvalue weighted by molar-refractivity contribution is -0.119. The molecule has 3 heteroatoms. The summed E-state index contributed by atoms with van der Waals surface area (Å²) in [7, 11) is 1.80. The lowest BCUT2D eigenvalue weighted by Crippen LogP contribution is -2.40. The number of fused-ring (bicyclic) bond motifs is 1. The lowest BCUT2D eigenvalue weighted by atomic mass is 9.86. The Kier molecular flexibility index (Phi) is 3.28. The molecule has 0 saturated carbocycles. The molecule has 2 unspecified atom stereocenters. The van der Waals surface area contributed by atoms with Gasteiger partial charge >= 0.3 is 0 Å². The van der Waals surface area contributed by atoms with Crippen LogP contribution in [-0.4, -0.2) is 19.0 Å². The topological polar surface area (TPSA) is 46.3 Å². The molecule has 2 atom stereocenters. The summed E-state index contributed by atoms with van der Waals surface area (Å²) in [4.78, 5) is 14.0. The first-order chi connectivity index (χ1) is 9.68. The van der Waals surface area contributed by atoms with Crippen molar-refractivity contribution in [2.75, 3.05) is 11.9 Å². The number of hydrogen-bond donors (Lipinski definition) is 1. The molecule has 1 amide bonds. The van der Waals surface area contributed by atoms with E-state index in [0.29, 0.717) is 6.42 Å². The molecule has 0 aliphatic carbocycles. The first-order valence-corrected chi connectivity index (χ1v) is 6.85. The van der Waals surface area contributed by atoms with Crippen LogP contribution in [0.15, 0.2) is 54.6 Å². The van der Waals surface area contributed by atoms with Gasteiger partial charge in [0.15, 0.2) is 0 Å². The van der Waals surface area contributed by atoms with Crippen molar-refractivity contribution < 1.29 is 4.79 Å². The molecule has 2 aromatic carbocycles. The molecule has 0 aromatic heterocycles. The fraction of sp³-hybridized carbons (Fsp3) is 0.235.